The SMILES string of the molecule is CNCC1(CN2CCCN(C)CC2)CCOC1. The normalized spacial score (nSPS) is 32.8. The zero-order valence-electron chi connectivity index (χ0n) is 11.4. The summed E-state index contributed by atoms with van der Waals surface area (Å²) in [7, 11) is 4.28. The Morgan fingerprint density at radius 3 is 2.82 bits per heavy atom. The highest BCUT2D eigenvalue weighted by atomic mass is 16.5. The summed E-state index contributed by atoms with van der Waals surface area (Å²) in [6, 6.07) is 0. The molecular formula is C13H27N3O. The van der Waals surface area contributed by atoms with E-state index >= 15 is 0 Å². The summed E-state index contributed by atoms with van der Waals surface area (Å²) in [4.78, 5) is 5.07. The maximum absolute atomic E-state index is 5.63. The van der Waals surface area contributed by atoms with Crippen LogP contribution in [-0.2, 0) is 4.74 Å². The molecule has 2 fully saturated rings. The fraction of sp³-hybridized carbons (Fsp3) is 1.00. The van der Waals surface area contributed by atoms with E-state index < -0.39 is 0 Å². The zero-order chi connectivity index (χ0) is 12.1. The smallest absolute Gasteiger partial charge is 0.0547 e. The Kier molecular flexibility index (Phi) is 4.79. The molecular weight excluding hydrogens is 214 g/mol. The summed E-state index contributed by atoms with van der Waals surface area (Å²) >= 11 is 0. The van der Waals surface area contributed by atoms with Gasteiger partial charge >= 0.3 is 0 Å². The molecule has 1 N–H and O–H groups in total. The van der Waals surface area contributed by atoms with E-state index in [9.17, 15) is 0 Å². The number of nitrogens with one attached hydrogen (secondary N) is 1. The first kappa shape index (κ1) is 13.3. The average molecular weight is 241 g/mol. The summed E-state index contributed by atoms with van der Waals surface area (Å²) in [5.74, 6) is 0. The molecule has 0 radical (unpaired) electrons. The van der Waals surface area contributed by atoms with Crippen LogP contribution in [0.4, 0.5) is 0 Å². The van der Waals surface area contributed by atoms with Gasteiger partial charge in [0.05, 0.1) is 6.61 Å². The lowest BCUT2D eigenvalue weighted by atomic mass is 9.86. The Balaban J connectivity index is 1.88. The van der Waals surface area contributed by atoms with Gasteiger partial charge in [0, 0.05) is 38.2 Å². The molecule has 100 valence electrons. The van der Waals surface area contributed by atoms with Crippen LogP contribution in [-0.4, -0.2) is 76.4 Å². The second kappa shape index (κ2) is 6.14. The first-order valence-corrected chi connectivity index (χ1v) is 6.87. The van der Waals surface area contributed by atoms with Crippen LogP contribution >= 0.6 is 0 Å². The van der Waals surface area contributed by atoms with E-state index in [0.717, 1.165) is 19.8 Å². The average Bonchev–Trinajstić information content (AvgIpc) is 2.65. The zero-order valence-corrected chi connectivity index (χ0v) is 11.4. The third-order valence-electron chi connectivity index (χ3n) is 4.11. The van der Waals surface area contributed by atoms with Gasteiger partial charge in [0.15, 0.2) is 0 Å². The van der Waals surface area contributed by atoms with E-state index in [1.165, 1.54) is 45.6 Å². The van der Waals surface area contributed by atoms with E-state index in [4.69, 9.17) is 4.74 Å². The third-order valence-corrected chi connectivity index (χ3v) is 4.11. The van der Waals surface area contributed by atoms with Gasteiger partial charge in [-0.3, -0.25) is 0 Å². The van der Waals surface area contributed by atoms with Gasteiger partial charge < -0.3 is 19.9 Å². The van der Waals surface area contributed by atoms with E-state index in [1.54, 1.807) is 0 Å². The molecule has 0 amide bonds. The minimum Gasteiger partial charge on any atom is -0.381 e. The van der Waals surface area contributed by atoms with Gasteiger partial charge in [-0.25, -0.2) is 0 Å². The van der Waals surface area contributed by atoms with Crippen LogP contribution in [0, 0.1) is 5.41 Å². The van der Waals surface area contributed by atoms with Gasteiger partial charge in [-0.15, -0.1) is 0 Å². The van der Waals surface area contributed by atoms with Gasteiger partial charge in [-0.05, 0) is 40.0 Å². The molecule has 2 saturated heterocycles. The Bertz CT molecular complexity index is 229. The van der Waals surface area contributed by atoms with E-state index in [-0.39, 0.29) is 0 Å². The Morgan fingerprint density at radius 2 is 2.12 bits per heavy atom. The Labute approximate surface area is 105 Å². The number of ether oxygens (including phenoxy) is 1. The van der Waals surface area contributed by atoms with Crippen LogP contribution < -0.4 is 5.32 Å². The molecule has 2 rings (SSSR count). The summed E-state index contributed by atoms with van der Waals surface area (Å²) in [6.07, 6.45) is 2.51. The molecule has 0 bridgehead atoms. The topological polar surface area (TPSA) is 27.7 Å². The fourth-order valence-corrected chi connectivity index (χ4v) is 3.08. The van der Waals surface area contributed by atoms with Crippen molar-refractivity contribution >= 4 is 0 Å². The standard InChI is InChI=1S/C13H27N3O/c1-14-10-13(4-9-17-12-13)11-16-6-3-5-15(2)7-8-16/h14H,3-12H2,1-2H3. The van der Waals surface area contributed by atoms with Crippen molar-refractivity contribution in [3.05, 3.63) is 0 Å². The maximum Gasteiger partial charge on any atom is 0.0547 e. The van der Waals surface area contributed by atoms with Crippen LogP contribution in [0.15, 0.2) is 0 Å². The summed E-state index contributed by atoms with van der Waals surface area (Å²) in [6.45, 7) is 9.05. The van der Waals surface area contributed by atoms with E-state index in [0.29, 0.717) is 5.41 Å². The van der Waals surface area contributed by atoms with Crippen LogP contribution in [0.3, 0.4) is 0 Å². The van der Waals surface area contributed by atoms with Gasteiger partial charge in [0.2, 0.25) is 0 Å². The van der Waals surface area contributed by atoms with Crippen molar-refractivity contribution in [1.29, 1.82) is 0 Å². The summed E-state index contributed by atoms with van der Waals surface area (Å²) in [5.41, 5.74) is 0.359. The summed E-state index contributed by atoms with van der Waals surface area (Å²) in [5, 5.41) is 3.35. The molecule has 17 heavy (non-hydrogen) atoms. The van der Waals surface area contributed by atoms with Crippen molar-refractivity contribution in [3.8, 4) is 0 Å². The first-order chi connectivity index (χ1) is 8.24. The van der Waals surface area contributed by atoms with Gasteiger partial charge in [-0.1, -0.05) is 0 Å². The van der Waals surface area contributed by atoms with Crippen molar-refractivity contribution in [2.75, 3.05) is 66.6 Å². The Morgan fingerprint density at radius 1 is 1.24 bits per heavy atom. The van der Waals surface area contributed by atoms with Crippen LogP contribution in [0.1, 0.15) is 12.8 Å². The lowest BCUT2D eigenvalue weighted by molar-refractivity contribution is 0.111. The molecule has 0 aromatic heterocycles. The molecule has 0 spiro atoms. The largest absolute Gasteiger partial charge is 0.381 e. The van der Waals surface area contributed by atoms with Gasteiger partial charge in [0.1, 0.15) is 0 Å². The second-order valence-electron chi connectivity index (χ2n) is 5.77. The van der Waals surface area contributed by atoms with Crippen LogP contribution in [0.2, 0.25) is 0 Å². The lowest BCUT2D eigenvalue weighted by Crippen LogP contribution is -2.45. The number of hydrogen-bond acceptors (Lipinski definition) is 4. The van der Waals surface area contributed by atoms with Crippen molar-refractivity contribution in [1.82, 2.24) is 15.1 Å². The highest BCUT2D eigenvalue weighted by Gasteiger charge is 2.36. The molecule has 0 saturated carbocycles. The highest BCUT2D eigenvalue weighted by Crippen LogP contribution is 2.29. The fourth-order valence-electron chi connectivity index (χ4n) is 3.08. The van der Waals surface area contributed by atoms with Crippen molar-refractivity contribution in [2.24, 2.45) is 5.41 Å². The highest BCUT2D eigenvalue weighted by molar-refractivity contribution is 4.88. The minimum atomic E-state index is 0.359. The molecule has 1 atom stereocenters. The number of rotatable bonds is 4. The predicted octanol–water partition coefficient (Wildman–Crippen LogP) is 0.250. The van der Waals surface area contributed by atoms with Gasteiger partial charge in [0.25, 0.3) is 0 Å². The molecule has 1 unspecified atom stereocenters. The van der Waals surface area contributed by atoms with Crippen molar-refractivity contribution in [2.45, 2.75) is 12.8 Å². The molecule has 2 aliphatic heterocycles. The van der Waals surface area contributed by atoms with Crippen molar-refractivity contribution in [3.63, 3.8) is 0 Å². The minimum absolute atomic E-state index is 0.359. The monoisotopic (exact) mass is 241 g/mol. The second-order valence-corrected chi connectivity index (χ2v) is 5.77. The molecule has 0 aromatic carbocycles. The molecule has 2 aliphatic rings. The lowest BCUT2D eigenvalue weighted by Gasteiger charge is -2.33. The molecule has 0 aliphatic carbocycles. The third kappa shape index (κ3) is 3.65. The Hall–Kier alpha value is -0.160. The molecule has 0 aromatic rings. The number of likely N-dealkylation sites (N-methyl/N-ethyl adjacent to an activating group) is 1. The molecule has 4 nitrogen and oxygen atoms in total. The maximum atomic E-state index is 5.63. The molecule has 4 heteroatoms. The van der Waals surface area contributed by atoms with Gasteiger partial charge in [-0.2, -0.15) is 0 Å². The van der Waals surface area contributed by atoms with Crippen molar-refractivity contribution < 1.29 is 4.74 Å². The first-order valence-electron chi connectivity index (χ1n) is 6.87. The predicted molar refractivity (Wildman–Crippen MR) is 70.3 cm³/mol. The van der Waals surface area contributed by atoms with E-state index in [1.807, 2.05) is 0 Å². The van der Waals surface area contributed by atoms with Crippen LogP contribution in [0.5, 0.6) is 0 Å². The number of hydrogen-bond donors (Lipinski definition) is 1. The quantitative estimate of drug-likeness (QED) is 0.763. The molecule has 2 heterocycles. The van der Waals surface area contributed by atoms with Crippen LogP contribution in [0.25, 0.3) is 0 Å². The summed E-state index contributed by atoms with van der Waals surface area (Å²) < 4.78 is 5.63. The number of nitrogens with zero attached hydrogens (tertiary/aromatic N) is 2. The van der Waals surface area contributed by atoms with E-state index in [2.05, 4.69) is 29.2 Å².